The number of alkyl halides is 3. The van der Waals surface area contributed by atoms with E-state index in [1.54, 1.807) is 19.9 Å². The van der Waals surface area contributed by atoms with E-state index in [0.717, 1.165) is 12.1 Å². The number of hydrogen-bond donors (Lipinski definition) is 2. The molecule has 0 aliphatic carbocycles. The van der Waals surface area contributed by atoms with Crippen LogP contribution in [0.4, 0.5) is 13.2 Å². The topological polar surface area (TPSA) is 50.4 Å². The van der Waals surface area contributed by atoms with Crippen LogP contribution >= 0.6 is 0 Å². The fourth-order valence-electron chi connectivity index (χ4n) is 2.38. The zero-order valence-electron chi connectivity index (χ0n) is 13.2. The first-order valence-electron chi connectivity index (χ1n) is 7.47. The number of nitrogens with one attached hydrogen (secondary N) is 2. The number of rotatable bonds is 4. The molecular formula is C16H21F3N2O2. The summed E-state index contributed by atoms with van der Waals surface area (Å²) in [6.07, 6.45) is -4.38. The number of amides is 1. The molecular weight excluding hydrogens is 309 g/mol. The third-order valence-corrected chi connectivity index (χ3v) is 3.91. The maximum Gasteiger partial charge on any atom is 0.416 e. The number of morpholine rings is 1. The van der Waals surface area contributed by atoms with E-state index in [2.05, 4.69) is 10.6 Å². The lowest BCUT2D eigenvalue weighted by Gasteiger charge is -2.29. The third-order valence-electron chi connectivity index (χ3n) is 3.91. The van der Waals surface area contributed by atoms with Crippen LogP contribution < -0.4 is 10.6 Å². The van der Waals surface area contributed by atoms with Crippen molar-refractivity contribution >= 4 is 5.91 Å². The molecule has 7 heteroatoms. The number of carbonyl (C=O) groups is 1. The van der Waals surface area contributed by atoms with Crippen molar-refractivity contribution in [3.8, 4) is 0 Å². The summed E-state index contributed by atoms with van der Waals surface area (Å²) in [5, 5.41) is 5.82. The Morgan fingerprint density at radius 1 is 1.35 bits per heavy atom. The molecule has 0 aromatic heterocycles. The predicted molar refractivity (Wildman–Crippen MR) is 80.1 cm³/mol. The maximum absolute atomic E-state index is 12.8. The Morgan fingerprint density at radius 2 is 2.04 bits per heavy atom. The van der Waals surface area contributed by atoms with Gasteiger partial charge in [-0.1, -0.05) is 32.0 Å². The number of ether oxygens (including phenoxy) is 1. The monoisotopic (exact) mass is 330 g/mol. The van der Waals surface area contributed by atoms with Gasteiger partial charge in [-0.3, -0.25) is 4.79 Å². The van der Waals surface area contributed by atoms with Crippen molar-refractivity contribution in [1.29, 1.82) is 0 Å². The molecule has 2 rings (SSSR count). The Balaban J connectivity index is 2.02. The van der Waals surface area contributed by atoms with Crippen LogP contribution in [0.2, 0.25) is 0 Å². The number of halogens is 3. The molecule has 1 aliphatic rings. The normalized spacial score (nSPS) is 19.4. The molecule has 4 nitrogen and oxygen atoms in total. The standard InChI is InChI=1S/C16H21F3N2O2/c1-15(2,10-21-14(22)13-9-23-7-6-20-13)11-4-3-5-12(8-11)16(17,18)19/h3-5,8,13,20H,6-7,9-10H2,1-2H3,(H,21,22). The first-order chi connectivity index (χ1) is 10.7. The minimum absolute atomic E-state index is 0.204. The van der Waals surface area contributed by atoms with Crippen molar-refractivity contribution < 1.29 is 22.7 Å². The number of hydrogen-bond acceptors (Lipinski definition) is 3. The lowest BCUT2D eigenvalue weighted by atomic mass is 9.83. The molecule has 1 amide bonds. The summed E-state index contributed by atoms with van der Waals surface area (Å²) in [5.41, 5.74) is -0.774. The van der Waals surface area contributed by atoms with E-state index in [1.165, 1.54) is 6.07 Å². The molecule has 23 heavy (non-hydrogen) atoms. The van der Waals surface area contributed by atoms with Crippen LogP contribution in [0, 0.1) is 0 Å². The molecule has 1 aliphatic heterocycles. The van der Waals surface area contributed by atoms with Gasteiger partial charge in [-0.2, -0.15) is 13.2 Å². The molecule has 0 spiro atoms. The molecule has 1 fully saturated rings. The summed E-state index contributed by atoms with van der Waals surface area (Å²) in [6, 6.07) is 4.79. The highest BCUT2D eigenvalue weighted by Gasteiger charge is 2.32. The minimum atomic E-state index is -4.38. The molecule has 1 atom stereocenters. The lowest BCUT2D eigenvalue weighted by Crippen LogP contribution is -2.52. The SMILES string of the molecule is CC(C)(CNC(=O)C1COCCN1)c1cccc(C(F)(F)F)c1. The van der Waals surface area contributed by atoms with Gasteiger partial charge in [0.05, 0.1) is 18.8 Å². The van der Waals surface area contributed by atoms with Crippen molar-refractivity contribution in [1.82, 2.24) is 10.6 Å². The Bertz CT molecular complexity index is 553. The van der Waals surface area contributed by atoms with Crippen molar-refractivity contribution in [2.75, 3.05) is 26.3 Å². The summed E-state index contributed by atoms with van der Waals surface area (Å²) in [7, 11) is 0. The molecule has 0 radical (unpaired) electrons. The van der Waals surface area contributed by atoms with Crippen molar-refractivity contribution in [2.45, 2.75) is 31.5 Å². The van der Waals surface area contributed by atoms with E-state index in [1.807, 2.05) is 0 Å². The van der Waals surface area contributed by atoms with Gasteiger partial charge < -0.3 is 15.4 Å². The quantitative estimate of drug-likeness (QED) is 0.889. The summed E-state index contributed by atoms with van der Waals surface area (Å²) in [5.74, 6) is -0.204. The van der Waals surface area contributed by atoms with Gasteiger partial charge in [0.2, 0.25) is 5.91 Å². The molecule has 1 unspecified atom stereocenters. The summed E-state index contributed by atoms with van der Waals surface area (Å²) < 4.78 is 43.7. The fourth-order valence-corrected chi connectivity index (χ4v) is 2.38. The van der Waals surface area contributed by atoms with Crippen LogP contribution in [-0.4, -0.2) is 38.3 Å². The van der Waals surface area contributed by atoms with Crippen LogP contribution in [-0.2, 0) is 21.1 Å². The summed E-state index contributed by atoms with van der Waals surface area (Å²) >= 11 is 0. The average molecular weight is 330 g/mol. The molecule has 1 aromatic carbocycles. The van der Waals surface area contributed by atoms with E-state index in [9.17, 15) is 18.0 Å². The smallest absolute Gasteiger partial charge is 0.378 e. The second-order valence-electron chi connectivity index (χ2n) is 6.26. The first kappa shape index (κ1) is 17.7. The van der Waals surface area contributed by atoms with E-state index in [4.69, 9.17) is 4.74 Å². The first-order valence-corrected chi connectivity index (χ1v) is 7.47. The zero-order valence-corrected chi connectivity index (χ0v) is 13.2. The maximum atomic E-state index is 12.8. The Kier molecular flexibility index (Phi) is 5.31. The molecule has 0 bridgehead atoms. The van der Waals surface area contributed by atoms with E-state index in [0.29, 0.717) is 25.3 Å². The fraction of sp³-hybridized carbons (Fsp3) is 0.562. The van der Waals surface area contributed by atoms with Gasteiger partial charge >= 0.3 is 6.18 Å². The van der Waals surface area contributed by atoms with Crippen molar-refractivity contribution in [3.05, 3.63) is 35.4 Å². The van der Waals surface area contributed by atoms with E-state index >= 15 is 0 Å². The third kappa shape index (κ3) is 4.68. The van der Waals surface area contributed by atoms with E-state index in [-0.39, 0.29) is 12.5 Å². The van der Waals surface area contributed by atoms with E-state index < -0.39 is 23.2 Å². The molecule has 2 N–H and O–H groups in total. The number of carbonyl (C=O) groups excluding carboxylic acids is 1. The highest BCUT2D eigenvalue weighted by Crippen LogP contribution is 2.32. The molecule has 1 aromatic rings. The van der Waals surface area contributed by atoms with Crippen molar-refractivity contribution in [3.63, 3.8) is 0 Å². The highest BCUT2D eigenvalue weighted by atomic mass is 19.4. The van der Waals surface area contributed by atoms with Gasteiger partial charge in [-0.05, 0) is 11.6 Å². The van der Waals surface area contributed by atoms with Gasteiger partial charge in [0.1, 0.15) is 6.04 Å². The average Bonchev–Trinajstić information content (AvgIpc) is 2.53. The molecule has 1 saturated heterocycles. The largest absolute Gasteiger partial charge is 0.416 e. The lowest BCUT2D eigenvalue weighted by molar-refractivity contribution is -0.137. The van der Waals surface area contributed by atoms with Gasteiger partial charge in [0.15, 0.2) is 0 Å². The van der Waals surface area contributed by atoms with Crippen molar-refractivity contribution in [2.24, 2.45) is 0 Å². The predicted octanol–water partition coefficient (Wildman–Crippen LogP) is 2.09. The molecule has 128 valence electrons. The van der Waals surface area contributed by atoms with Gasteiger partial charge in [0.25, 0.3) is 0 Å². The van der Waals surface area contributed by atoms with Gasteiger partial charge in [-0.15, -0.1) is 0 Å². The highest BCUT2D eigenvalue weighted by molar-refractivity contribution is 5.82. The number of benzene rings is 1. The van der Waals surface area contributed by atoms with Crippen LogP contribution in [0.5, 0.6) is 0 Å². The second-order valence-corrected chi connectivity index (χ2v) is 6.26. The van der Waals surface area contributed by atoms with Crippen LogP contribution in [0.25, 0.3) is 0 Å². The molecule has 1 heterocycles. The Morgan fingerprint density at radius 3 is 2.65 bits per heavy atom. The van der Waals surface area contributed by atoms with Crippen LogP contribution in [0.15, 0.2) is 24.3 Å². The molecule has 0 saturated carbocycles. The summed E-state index contributed by atoms with van der Waals surface area (Å²) in [4.78, 5) is 12.1. The van der Waals surface area contributed by atoms with Crippen LogP contribution in [0.1, 0.15) is 25.0 Å². The minimum Gasteiger partial charge on any atom is -0.378 e. The zero-order chi connectivity index (χ0) is 17.1. The summed E-state index contributed by atoms with van der Waals surface area (Å²) in [6.45, 7) is 5.32. The Labute approximate surface area is 133 Å². The Hall–Kier alpha value is -1.60. The second kappa shape index (κ2) is 6.88. The van der Waals surface area contributed by atoms with Gasteiger partial charge in [0, 0.05) is 18.5 Å². The van der Waals surface area contributed by atoms with Gasteiger partial charge in [-0.25, -0.2) is 0 Å². The van der Waals surface area contributed by atoms with Crippen LogP contribution in [0.3, 0.4) is 0 Å².